The number of rotatable bonds is 5. The number of aromatic carboxylic acids is 1. The molecule has 0 bridgehead atoms. The molecule has 6 heteroatoms. The fourth-order valence-corrected chi connectivity index (χ4v) is 1.45. The highest BCUT2D eigenvalue weighted by Crippen LogP contribution is 2.22. The Kier molecular flexibility index (Phi) is 4.50. The second-order valence-corrected chi connectivity index (χ2v) is 4.73. The summed E-state index contributed by atoms with van der Waals surface area (Å²) in [5.41, 5.74) is -0.549. The van der Waals surface area contributed by atoms with E-state index in [0.717, 1.165) is 0 Å². The number of carboxylic acid groups (broad SMARTS) is 1. The number of phenols is 1. The molecule has 0 atom stereocenters. The number of benzene rings is 1. The maximum absolute atomic E-state index is 11.8. The van der Waals surface area contributed by atoms with Crippen LogP contribution in [-0.4, -0.2) is 34.8 Å². The summed E-state index contributed by atoms with van der Waals surface area (Å²) >= 11 is 0. The fraction of sp³-hybridized carbons (Fsp3) is 0.385. The van der Waals surface area contributed by atoms with Gasteiger partial charge in [0.2, 0.25) is 5.91 Å². The predicted octanol–water partition coefficient (Wildman–Crippen LogP) is 1.84. The van der Waals surface area contributed by atoms with Crippen molar-refractivity contribution in [2.24, 2.45) is 0 Å². The van der Waals surface area contributed by atoms with Crippen LogP contribution < -0.4 is 5.32 Å². The van der Waals surface area contributed by atoms with Crippen molar-refractivity contribution in [1.82, 2.24) is 0 Å². The quantitative estimate of drug-likeness (QED) is 0.707. The molecule has 6 nitrogen and oxygen atoms in total. The number of carbonyl (C=O) groups excluding carboxylic acids is 1. The van der Waals surface area contributed by atoms with Crippen molar-refractivity contribution in [2.45, 2.75) is 25.9 Å². The molecule has 0 fully saturated rings. The molecule has 0 spiro atoms. The van der Waals surface area contributed by atoms with Gasteiger partial charge >= 0.3 is 5.97 Å². The number of hydrogen-bond donors (Lipinski definition) is 3. The molecular formula is C13H17NO5. The van der Waals surface area contributed by atoms with E-state index in [9.17, 15) is 14.7 Å². The average Bonchev–Trinajstić information content (AvgIpc) is 2.30. The molecule has 1 rings (SSSR count). The van der Waals surface area contributed by atoms with Gasteiger partial charge in [-0.1, -0.05) is 0 Å². The summed E-state index contributed by atoms with van der Waals surface area (Å²) in [6, 6.07) is 3.86. The van der Waals surface area contributed by atoms with Crippen molar-refractivity contribution in [3.05, 3.63) is 23.8 Å². The standard InChI is InChI=1S/C13H17NO5/c1-13(2,19-3)7-11(16)14-8-4-5-10(15)9(6-8)12(17)18/h4-6,15H,7H2,1-3H3,(H,14,16)(H,17,18). The van der Waals surface area contributed by atoms with Crippen LogP contribution in [0.3, 0.4) is 0 Å². The van der Waals surface area contributed by atoms with Gasteiger partial charge in [-0.2, -0.15) is 0 Å². The highest BCUT2D eigenvalue weighted by Gasteiger charge is 2.21. The fourth-order valence-electron chi connectivity index (χ4n) is 1.45. The van der Waals surface area contributed by atoms with E-state index in [2.05, 4.69) is 5.32 Å². The molecule has 0 aliphatic heterocycles. The highest BCUT2D eigenvalue weighted by molar-refractivity contribution is 5.95. The molecule has 0 heterocycles. The Hall–Kier alpha value is -2.08. The van der Waals surface area contributed by atoms with Gasteiger partial charge in [0.15, 0.2) is 0 Å². The first-order chi connectivity index (χ1) is 8.75. The minimum atomic E-state index is -1.26. The average molecular weight is 267 g/mol. The normalized spacial score (nSPS) is 11.1. The Balaban J connectivity index is 2.81. The van der Waals surface area contributed by atoms with E-state index in [1.54, 1.807) is 13.8 Å². The van der Waals surface area contributed by atoms with E-state index >= 15 is 0 Å². The lowest BCUT2D eigenvalue weighted by Gasteiger charge is -2.22. The molecule has 0 saturated carbocycles. The third kappa shape index (κ3) is 4.26. The zero-order chi connectivity index (χ0) is 14.6. The van der Waals surface area contributed by atoms with Gasteiger partial charge in [-0.3, -0.25) is 4.79 Å². The number of methoxy groups -OCH3 is 1. The van der Waals surface area contributed by atoms with Crippen molar-refractivity contribution in [3.63, 3.8) is 0 Å². The second kappa shape index (κ2) is 5.71. The molecule has 0 saturated heterocycles. The number of hydrogen-bond acceptors (Lipinski definition) is 4. The van der Waals surface area contributed by atoms with Crippen molar-refractivity contribution >= 4 is 17.6 Å². The van der Waals surface area contributed by atoms with E-state index in [-0.39, 0.29) is 23.6 Å². The number of ether oxygens (including phenoxy) is 1. The number of anilines is 1. The van der Waals surface area contributed by atoms with E-state index in [0.29, 0.717) is 5.69 Å². The summed E-state index contributed by atoms with van der Waals surface area (Å²) in [6.07, 6.45) is 0.132. The van der Waals surface area contributed by atoms with Gasteiger partial charge in [0.25, 0.3) is 0 Å². The first-order valence-electron chi connectivity index (χ1n) is 5.66. The van der Waals surface area contributed by atoms with Gasteiger partial charge in [-0.25, -0.2) is 4.79 Å². The Morgan fingerprint density at radius 2 is 2.00 bits per heavy atom. The Labute approximate surface area is 111 Å². The van der Waals surface area contributed by atoms with E-state index in [1.807, 2.05) is 0 Å². The molecule has 0 unspecified atom stereocenters. The van der Waals surface area contributed by atoms with Crippen LogP contribution in [0.25, 0.3) is 0 Å². The zero-order valence-corrected chi connectivity index (χ0v) is 11.1. The second-order valence-electron chi connectivity index (χ2n) is 4.73. The van der Waals surface area contributed by atoms with Crippen LogP contribution in [0.4, 0.5) is 5.69 Å². The van der Waals surface area contributed by atoms with E-state index in [1.165, 1.54) is 25.3 Å². The van der Waals surface area contributed by atoms with Crippen LogP contribution in [0.1, 0.15) is 30.6 Å². The zero-order valence-electron chi connectivity index (χ0n) is 11.1. The highest BCUT2D eigenvalue weighted by atomic mass is 16.5. The predicted molar refractivity (Wildman–Crippen MR) is 69.4 cm³/mol. The van der Waals surface area contributed by atoms with Crippen molar-refractivity contribution in [3.8, 4) is 5.75 Å². The lowest BCUT2D eigenvalue weighted by atomic mass is 10.0. The minimum Gasteiger partial charge on any atom is -0.507 e. The minimum absolute atomic E-state index is 0.132. The molecule has 3 N–H and O–H groups in total. The third-order valence-electron chi connectivity index (χ3n) is 2.65. The van der Waals surface area contributed by atoms with Gasteiger partial charge in [-0.05, 0) is 32.0 Å². The van der Waals surface area contributed by atoms with Crippen molar-refractivity contribution in [2.75, 3.05) is 12.4 Å². The lowest BCUT2D eigenvalue weighted by molar-refractivity contribution is -0.121. The Morgan fingerprint density at radius 3 is 2.53 bits per heavy atom. The largest absolute Gasteiger partial charge is 0.507 e. The van der Waals surface area contributed by atoms with Gasteiger partial charge in [0.1, 0.15) is 11.3 Å². The molecular weight excluding hydrogens is 250 g/mol. The number of nitrogens with one attached hydrogen (secondary N) is 1. The Morgan fingerprint density at radius 1 is 1.37 bits per heavy atom. The van der Waals surface area contributed by atoms with Gasteiger partial charge in [0, 0.05) is 12.8 Å². The van der Waals surface area contributed by atoms with Gasteiger partial charge in [0.05, 0.1) is 12.0 Å². The maximum Gasteiger partial charge on any atom is 0.339 e. The molecule has 1 amide bonds. The Bertz CT molecular complexity index is 496. The number of carbonyl (C=O) groups is 2. The summed E-state index contributed by atoms with van der Waals surface area (Å²) in [6.45, 7) is 3.54. The first-order valence-corrected chi connectivity index (χ1v) is 5.66. The summed E-state index contributed by atoms with van der Waals surface area (Å²) in [7, 11) is 1.51. The molecule has 0 aliphatic rings. The van der Waals surface area contributed by atoms with Gasteiger partial charge in [-0.15, -0.1) is 0 Å². The van der Waals surface area contributed by atoms with Crippen LogP contribution in [-0.2, 0) is 9.53 Å². The third-order valence-corrected chi connectivity index (χ3v) is 2.65. The number of carboxylic acids is 1. The molecule has 104 valence electrons. The maximum atomic E-state index is 11.8. The first kappa shape index (κ1) is 15.0. The summed E-state index contributed by atoms with van der Waals surface area (Å²) in [4.78, 5) is 22.6. The molecule has 1 aromatic rings. The van der Waals surface area contributed by atoms with Crippen LogP contribution >= 0.6 is 0 Å². The molecule has 0 radical (unpaired) electrons. The summed E-state index contributed by atoms with van der Waals surface area (Å²) < 4.78 is 5.13. The van der Waals surface area contributed by atoms with Crippen molar-refractivity contribution < 1.29 is 24.5 Å². The van der Waals surface area contributed by atoms with E-state index in [4.69, 9.17) is 9.84 Å². The molecule has 0 aliphatic carbocycles. The number of aromatic hydroxyl groups is 1. The lowest BCUT2D eigenvalue weighted by Crippen LogP contribution is -2.29. The monoisotopic (exact) mass is 267 g/mol. The van der Waals surface area contributed by atoms with Crippen LogP contribution in [0.2, 0.25) is 0 Å². The smallest absolute Gasteiger partial charge is 0.339 e. The summed E-state index contributed by atoms with van der Waals surface area (Å²) in [5.74, 6) is -1.90. The number of amides is 1. The van der Waals surface area contributed by atoms with Gasteiger partial charge < -0.3 is 20.3 Å². The van der Waals surface area contributed by atoms with E-state index < -0.39 is 11.6 Å². The van der Waals surface area contributed by atoms with Crippen molar-refractivity contribution in [1.29, 1.82) is 0 Å². The molecule has 0 aromatic heterocycles. The SMILES string of the molecule is COC(C)(C)CC(=O)Nc1ccc(O)c(C(=O)O)c1. The summed E-state index contributed by atoms with van der Waals surface area (Å²) in [5, 5.41) is 20.8. The molecule has 19 heavy (non-hydrogen) atoms. The topological polar surface area (TPSA) is 95.9 Å². The van der Waals surface area contributed by atoms with Crippen LogP contribution in [0.15, 0.2) is 18.2 Å². The van der Waals surface area contributed by atoms with Crippen LogP contribution in [0, 0.1) is 0 Å². The molecule has 1 aromatic carbocycles. The van der Waals surface area contributed by atoms with Crippen LogP contribution in [0.5, 0.6) is 5.75 Å².